The second-order valence-corrected chi connectivity index (χ2v) is 3.05. The molecule has 0 atom stereocenters. The predicted octanol–water partition coefficient (Wildman–Crippen LogP) is 1.63. The van der Waals surface area contributed by atoms with Crippen LogP contribution < -0.4 is 15.8 Å². The number of benzene rings is 1. The van der Waals surface area contributed by atoms with E-state index in [-0.39, 0.29) is 0 Å². The smallest absolute Gasteiger partial charge is 0.119 e. The number of methoxy groups -OCH3 is 1. The van der Waals surface area contributed by atoms with Crippen molar-refractivity contribution in [2.45, 2.75) is 12.8 Å². The average Bonchev–Trinajstić information content (AvgIpc) is 2.31. The van der Waals surface area contributed by atoms with Gasteiger partial charge in [0.1, 0.15) is 5.75 Å². The van der Waals surface area contributed by atoms with Crippen LogP contribution in [0.2, 0.25) is 0 Å². The molecule has 1 aliphatic rings. The highest BCUT2D eigenvalue weighted by Gasteiger charge is 2.08. The van der Waals surface area contributed by atoms with Crippen molar-refractivity contribution in [2.24, 2.45) is 5.73 Å². The maximum atomic E-state index is 5.15. The monoisotopic (exact) mass is 194 g/mol. The van der Waals surface area contributed by atoms with Crippen LogP contribution in [0.5, 0.6) is 5.75 Å². The minimum absolute atomic E-state index is 0.956. The van der Waals surface area contributed by atoms with Gasteiger partial charge in [-0.25, -0.2) is 0 Å². The maximum absolute atomic E-state index is 5.15. The van der Waals surface area contributed by atoms with Crippen LogP contribution in [0.15, 0.2) is 18.2 Å². The van der Waals surface area contributed by atoms with Crippen molar-refractivity contribution in [3.63, 3.8) is 0 Å². The molecule has 1 aromatic carbocycles. The van der Waals surface area contributed by atoms with Gasteiger partial charge in [-0.15, -0.1) is 0 Å². The third-order valence-electron chi connectivity index (χ3n) is 2.25. The third kappa shape index (κ3) is 2.39. The van der Waals surface area contributed by atoms with Crippen LogP contribution in [0.1, 0.15) is 12.0 Å². The molecule has 2 rings (SSSR count). The van der Waals surface area contributed by atoms with Crippen LogP contribution in [0.25, 0.3) is 0 Å². The average molecular weight is 194 g/mol. The van der Waals surface area contributed by atoms with E-state index >= 15 is 0 Å². The Kier molecular flexibility index (Phi) is 4.26. The van der Waals surface area contributed by atoms with Crippen LogP contribution in [-0.4, -0.2) is 20.7 Å². The number of anilines is 1. The van der Waals surface area contributed by atoms with Gasteiger partial charge >= 0.3 is 0 Å². The molecule has 0 radical (unpaired) electrons. The van der Waals surface area contributed by atoms with Gasteiger partial charge in [0, 0.05) is 12.2 Å². The SMILES string of the molecule is CN.COc1ccc2c(c1)CCCN2. The molecule has 0 amide bonds. The van der Waals surface area contributed by atoms with E-state index in [4.69, 9.17) is 4.74 Å². The Morgan fingerprint density at radius 1 is 1.36 bits per heavy atom. The summed E-state index contributed by atoms with van der Waals surface area (Å²) in [6.45, 7) is 1.10. The van der Waals surface area contributed by atoms with E-state index in [1.807, 2.05) is 6.07 Å². The van der Waals surface area contributed by atoms with Gasteiger partial charge in [-0.3, -0.25) is 0 Å². The first-order valence-corrected chi connectivity index (χ1v) is 4.88. The first-order chi connectivity index (χ1) is 6.90. The summed E-state index contributed by atoms with van der Waals surface area (Å²) >= 11 is 0. The Balaban J connectivity index is 0.000000461. The van der Waals surface area contributed by atoms with E-state index in [9.17, 15) is 0 Å². The van der Waals surface area contributed by atoms with E-state index in [1.165, 1.54) is 31.1 Å². The molecule has 0 unspecified atom stereocenters. The Morgan fingerprint density at radius 3 is 2.86 bits per heavy atom. The molecule has 1 aliphatic heterocycles. The Morgan fingerprint density at radius 2 is 2.14 bits per heavy atom. The number of nitrogens with one attached hydrogen (secondary N) is 1. The van der Waals surface area contributed by atoms with Gasteiger partial charge in [0.2, 0.25) is 0 Å². The highest BCUT2D eigenvalue weighted by Crippen LogP contribution is 2.25. The Bertz CT molecular complexity index is 287. The molecule has 0 spiro atoms. The number of aryl methyl sites for hydroxylation is 1. The number of ether oxygens (including phenoxy) is 1. The molecule has 0 fully saturated rings. The summed E-state index contributed by atoms with van der Waals surface area (Å²) in [5, 5.41) is 3.36. The fourth-order valence-corrected chi connectivity index (χ4v) is 1.58. The Labute approximate surface area is 85.3 Å². The molecule has 78 valence electrons. The van der Waals surface area contributed by atoms with Crippen LogP contribution in [0, 0.1) is 0 Å². The fraction of sp³-hybridized carbons (Fsp3) is 0.455. The fourth-order valence-electron chi connectivity index (χ4n) is 1.58. The highest BCUT2D eigenvalue weighted by molar-refractivity contribution is 5.55. The second kappa shape index (κ2) is 5.50. The van der Waals surface area contributed by atoms with E-state index in [2.05, 4.69) is 23.2 Å². The summed E-state index contributed by atoms with van der Waals surface area (Å²) in [5.41, 5.74) is 7.14. The summed E-state index contributed by atoms with van der Waals surface area (Å²) in [6, 6.07) is 6.20. The van der Waals surface area contributed by atoms with E-state index < -0.39 is 0 Å². The predicted molar refractivity (Wildman–Crippen MR) is 59.9 cm³/mol. The molecule has 14 heavy (non-hydrogen) atoms. The summed E-state index contributed by atoms with van der Waals surface area (Å²) in [5.74, 6) is 0.956. The van der Waals surface area contributed by atoms with E-state index in [1.54, 1.807) is 7.11 Å². The normalized spacial score (nSPS) is 13.1. The maximum Gasteiger partial charge on any atom is 0.119 e. The highest BCUT2D eigenvalue weighted by atomic mass is 16.5. The van der Waals surface area contributed by atoms with Gasteiger partial charge in [0.25, 0.3) is 0 Å². The van der Waals surface area contributed by atoms with Crippen molar-refractivity contribution < 1.29 is 4.74 Å². The summed E-state index contributed by atoms with van der Waals surface area (Å²) in [7, 11) is 3.21. The zero-order valence-electron chi connectivity index (χ0n) is 8.84. The molecule has 3 N–H and O–H groups in total. The van der Waals surface area contributed by atoms with Gasteiger partial charge in [0.15, 0.2) is 0 Å². The molecule has 0 aromatic heterocycles. The number of nitrogens with two attached hydrogens (primary N) is 1. The molecule has 1 aromatic rings. The van der Waals surface area contributed by atoms with Crippen molar-refractivity contribution >= 4 is 5.69 Å². The zero-order valence-corrected chi connectivity index (χ0v) is 8.84. The standard InChI is InChI=1S/C10H13NO.CH5N/c1-12-9-4-5-10-8(7-9)3-2-6-11-10;1-2/h4-5,7,11H,2-3,6H2,1H3;2H2,1H3. The zero-order chi connectivity index (χ0) is 10.4. The van der Waals surface area contributed by atoms with Crippen LogP contribution in [0.4, 0.5) is 5.69 Å². The molecule has 0 saturated carbocycles. The lowest BCUT2D eigenvalue weighted by atomic mass is 10.0. The largest absolute Gasteiger partial charge is 0.497 e. The van der Waals surface area contributed by atoms with Gasteiger partial charge in [-0.05, 0) is 43.7 Å². The second-order valence-electron chi connectivity index (χ2n) is 3.05. The van der Waals surface area contributed by atoms with Gasteiger partial charge in [-0.2, -0.15) is 0 Å². The lowest BCUT2D eigenvalue weighted by Gasteiger charge is -2.18. The third-order valence-corrected chi connectivity index (χ3v) is 2.25. The first kappa shape index (κ1) is 10.9. The lowest BCUT2D eigenvalue weighted by molar-refractivity contribution is 0.414. The van der Waals surface area contributed by atoms with Crippen molar-refractivity contribution in [1.29, 1.82) is 0 Å². The van der Waals surface area contributed by atoms with Crippen LogP contribution in [-0.2, 0) is 6.42 Å². The van der Waals surface area contributed by atoms with Crippen molar-refractivity contribution in [1.82, 2.24) is 0 Å². The quantitative estimate of drug-likeness (QED) is 0.714. The molecule has 3 nitrogen and oxygen atoms in total. The number of hydrogen-bond donors (Lipinski definition) is 2. The molecule has 1 heterocycles. The minimum atomic E-state index is 0.956. The molecule has 0 saturated heterocycles. The summed E-state index contributed by atoms with van der Waals surface area (Å²) in [6.07, 6.45) is 2.39. The van der Waals surface area contributed by atoms with Crippen molar-refractivity contribution in [3.05, 3.63) is 23.8 Å². The van der Waals surface area contributed by atoms with Crippen molar-refractivity contribution in [3.8, 4) is 5.75 Å². The van der Waals surface area contributed by atoms with Crippen molar-refractivity contribution in [2.75, 3.05) is 26.0 Å². The van der Waals surface area contributed by atoms with E-state index in [0.717, 1.165) is 12.3 Å². The molecule has 0 bridgehead atoms. The van der Waals surface area contributed by atoms with E-state index in [0.29, 0.717) is 0 Å². The first-order valence-electron chi connectivity index (χ1n) is 4.88. The summed E-state index contributed by atoms with van der Waals surface area (Å²) < 4.78 is 5.15. The number of hydrogen-bond acceptors (Lipinski definition) is 3. The Hall–Kier alpha value is -1.22. The molecular weight excluding hydrogens is 176 g/mol. The molecular formula is C11H18N2O. The number of fused-ring (bicyclic) bond motifs is 1. The summed E-state index contributed by atoms with van der Waals surface area (Å²) in [4.78, 5) is 0. The van der Waals surface area contributed by atoms with Gasteiger partial charge < -0.3 is 15.8 Å². The van der Waals surface area contributed by atoms with Gasteiger partial charge in [-0.1, -0.05) is 0 Å². The minimum Gasteiger partial charge on any atom is -0.497 e. The van der Waals surface area contributed by atoms with Crippen LogP contribution in [0.3, 0.4) is 0 Å². The van der Waals surface area contributed by atoms with Crippen LogP contribution >= 0.6 is 0 Å². The number of rotatable bonds is 1. The molecule has 0 aliphatic carbocycles. The topological polar surface area (TPSA) is 47.3 Å². The molecule has 3 heteroatoms. The van der Waals surface area contributed by atoms with Gasteiger partial charge in [0.05, 0.1) is 7.11 Å². The lowest BCUT2D eigenvalue weighted by Crippen LogP contribution is -2.11.